The fourth-order valence-corrected chi connectivity index (χ4v) is 1.73. The summed E-state index contributed by atoms with van der Waals surface area (Å²) in [7, 11) is 2.01. The van der Waals surface area contributed by atoms with Crippen LogP contribution in [-0.2, 0) is 4.74 Å². The smallest absolute Gasteiger partial charge is 0.105 e. The maximum Gasteiger partial charge on any atom is 0.105 e. The Labute approximate surface area is 79.6 Å². The molecule has 1 rings (SSSR count). The summed E-state index contributed by atoms with van der Waals surface area (Å²) in [5.74, 6) is 0.965. The van der Waals surface area contributed by atoms with Crippen LogP contribution in [0.1, 0.15) is 12.8 Å². The molecule has 0 saturated carbocycles. The Morgan fingerprint density at radius 1 is 1.54 bits per heavy atom. The molecule has 0 amide bonds. The summed E-state index contributed by atoms with van der Waals surface area (Å²) in [5.41, 5.74) is 5.32. The highest BCUT2D eigenvalue weighted by molar-refractivity contribution is 5.78. The number of nitrogens with two attached hydrogens (primary N) is 1. The summed E-state index contributed by atoms with van der Waals surface area (Å²) in [6, 6.07) is 0. The summed E-state index contributed by atoms with van der Waals surface area (Å²) < 4.78 is 5.28. The quantitative estimate of drug-likeness (QED) is 0.488. The van der Waals surface area contributed by atoms with Crippen LogP contribution in [0, 0.1) is 11.3 Å². The molecule has 1 fully saturated rings. The van der Waals surface area contributed by atoms with E-state index in [1.165, 1.54) is 0 Å². The van der Waals surface area contributed by atoms with Crippen LogP contribution < -0.4 is 5.73 Å². The van der Waals surface area contributed by atoms with E-state index in [2.05, 4.69) is 4.90 Å². The van der Waals surface area contributed by atoms with Gasteiger partial charge in [-0.3, -0.25) is 10.3 Å². The molecule has 76 valence electrons. The van der Waals surface area contributed by atoms with Gasteiger partial charge >= 0.3 is 0 Å². The highest BCUT2D eigenvalue weighted by Gasteiger charge is 2.15. The third-order valence-corrected chi connectivity index (χ3v) is 2.35. The van der Waals surface area contributed by atoms with Gasteiger partial charge in [0.2, 0.25) is 0 Å². The Morgan fingerprint density at radius 2 is 2.15 bits per heavy atom. The minimum absolute atomic E-state index is 0.245. The molecular formula is C9H19N3O. The van der Waals surface area contributed by atoms with Gasteiger partial charge in [0.1, 0.15) is 5.84 Å². The molecule has 13 heavy (non-hydrogen) atoms. The monoisotopic (exact) mass is 185 g/mol. The van der Waals surface area contributed by atoms with Gasteiger partial charge in [-0.25, -0.2) is 0 Å². The maximum absolute atomic E-state index is 7.15. The van der Waals surface area contributed by atoms with Crippen molar-refractivity contribution in [3.63, 3.8) is 0 Å². The minimum atomic E-state index is 0.245. The predicted molar refractivity (Wildman–Crippen MR) is 53.0 cm³/mol. The molecule has 0 aromatic heterocycles. The van der Waals surface area contributed by atoms with E-state index in [9.17, 15) is 0 Å². The van der Waals surface area contributed by atoms with Crippen molar-refractivity contribution in [2.45, 2.75) is 12.8 Å². The molecule has 0 aliphatic carbocycles. The average Bonchev–Trinajstić information content (AvgIpc) is 2.04. The van der Waals surface area contributed by atoms with E-state index in [1.807, 2.05) is 7.05 Å². The van der Waals surface area contributed by atoms with Crippen LogP contribution in [0.5, 0.6) is 0 Å². The second kappa shape index (κ2) is 5.19. The zero-order chi connectivity index (χ0) is 9.68. The fourth-order valence-electron chi connectivity index (χ4n) is 1.73. The third kappa shape index (κ3) is 4.24. The first-order valence-electron chi connectivity index (χ1n) is 4.77. The maximum atomic E-state index is 7.15. The Morgan fingerprint density at radius 3 is 2.69 bits per heavy atom. The summed E-state index contributed by atoms with van der Waals surface area (Å²) in [6.45, 7) is 3.39. The average molecular weight is 185 g/mol. The van der Waals surface area contributed by atoms with Gasteiger partial charge in [-0.2, -0.15) is 0 Å². The first-order valence-corrected chi connectivity index (χ1v) is 4.77. The van der Waals surface area contributed by atoms with Crippen LogP contribution in [0.2, 0.25) is 0 Å². The third-order valence-electron chi connectivity index (χ3n) is 2.35. The van der Waals surface area contributed by atoms with Crippen molar-refractivity contribution >= 4 is 5.84 Å². The van der Waals surface area contributed by atoms with Crippen molar-refractivity contribution in [2.24, 2.45) is 11.7 Å². The molecule has 1 aliphatic heterocycles. The van der Waals surface area contributed by atoms with E-state index in [-0.39, 0.29) is 5.84 Å². The molecule has 0 aromatic rings. The number of rotatable bonds is 4. The minimum Gasteiger partial charge on any atom is -0.387 e. The lowest BCUT2D eigenvalue weighted by molar-refractivity contribution is 0.0572. The number of nitrogens with zero attached hydrogens (tertiary/aromatic N) is 1. The van der Waals surface area contributed by atoms with Crippen LogP contribution in [0.15, 0.2) is 0 Å². The molecule has 3 N–H and O–H groups in total. The molecule has 1 saturated heterocycles. The number of hydrogen-bond acceptors (Lipinski definition) is 3. The van der Waals surface area contributed by atoms with Crippen molar-refractivity contribution in [2.75, 3.05) is 33.4 Å². The summed E-state index contributed by atoms with van der Waals surface area (Å²) in [5, 5.41) is 7.15. The number of ether oxygens (including phenoxy) is 1. The number of nitrogens with one attached hydrogen (secondary N) is 1. The van der Waals surface area contributed by atoms with Crippen LogP contribution in [-0.4, -0.2) is 44.1 Å². The van der Waals surface area contributed by atoms with Gasteiger partial charge in [0, 0.05) is 19.8 Å². The van der Waals surface area contributed by atoms with E-state index < -0.39 is 0 Å². The molecule has 0 aromatic carbocycles. The van der Waals surface area contributed by atoms with Gasteiger partial charge in [0.25, 0.3) is 0 Å². The Balaban J connectivity index is 2.18. The van der Waals surface area contributed by atoms with Crippen LogP contribution in [0.25, 0.3) is 0 Å². The topological polar surface area (TPSA) is 62.3 Å². The fraction of sp³-hybridized carbons (Fsp3) is 0.889. The molecule has 4 nitrogen and oxygen atoms in total. The molecule has 0 unspecified atom stereocenters. The van der Waals surface area contributed by atoms with Crippen molar-refractivity contribution in [3.05, 3.63) is 0 Å². The lowest BCUT2D eigenvalue weighted by Crippen LogP contribution is -2.35. The number of likely N-dealkylation sites (N-methyl/N-ethyl adjacent to an activating group) is 1. The molecule has 0 spiro atoms. The number of amidine groups is 1. The molecule has 1 heterocycles. The predicted octanol–water partition coefficient (Wildman–Crippen LogP) is 0.281. The van der Waals surface area contributed by atoms with E-state index in [0.29, 0.717) is 6.54 Å². The zero-order valence-corrected chi connectivity index (χ0v) is 8.25. The van der Waals surface area contributed by atoms with E-state index in [0.717, 1.165) is 38.5 Å². The van der Waals surface area contributed by atoms with Gasteiger partial charge in [-0.15, -0.1) is 0 Å². The molecule has 0 atom stereocenters. The van der Waals surface area contributed by atoms with Gasteiger partial charge in [-0.05, 0) is 25.8 Å². The first-order chi connectivity index (χ1) is 6.18. The summed E-state index contributed by atoms with van der Waals surface area (Å²) in [6.07, 6.45) is 2.28. The molecule has 4 heteroatoms. The zero-order valence-electron chi connectivity index (χ0n) is 8.25. The van der Waals surface area contributed by atoms with E-state index in [1.54, 1.807) is 0 Å². The Kier molecular flexibility index (Phi) is 4.18. The summed E-state index contributed by atoms with van der Waals surface area (Å²) in [4.78, 5) is 2.11. The molecule has 0 bridgehead atoms. The molecule has 0 radical (unpaired) electrons. The van der Waals surface area contributed by atoms with Gasteiger partial charge in [0.05, 0.1) is 6.54 Å². The largest absolute Gasteiger partial charge is 0.387 e. The van der Waals surface area contributed by atoms with Crippen LogP contribution >= 0.6 is 0 Å². The SMILES string of the molecule is CN(CC(=N)N)CC1CCOCC1. The first kappa shape index (κ1) is 10.5. The van der Waals surface area contributed by atoms with Crippen molar-refractivity contribution in [1.82, 2.24) is 4.90 Å². The summed E-state index contributed by atoms with van der Waals surface area (Å²) >= 11 is 0. The second-order valence-corrected chi connectivity index (χ2v) is 3.78. The lowest BCUT2D eigenvalue weighted by Gasteiger charge is -2.26. The van der Waals surface area contributed by atoms with Crippen molar-refractivity contribution in [1.29, 1.82) is 5.41 Å². The lowest BCUT2D eigenvalue weighted by atomic mass is 10.00. The normalized spacial score (nSPS) is 19.2. The highest BCUT2D eigenvalue weighted by atomic mass is 16.5. The highest BCUT2D eigenvalue weighted by Crippen LogP contribution is 2.15. The molecular weight excluding hydrogens is 166 g/mol. The Hall–Kier alpha value is -0.610. The van der Waals surface area contributed by atoms with Crippen LogP contribution in [0.3, 0.4) is 0 Å². The van der Waals surface area contributed by atoms with Crippen molar-refractivity contribution < 1.29 is 4.74 Å². The number of hydrogen-bond donors (Lipinski definition) is 2. The Bertz CT molecular complexity index is 166. The second-order valence-electron chi connectivity index (χ2n) is 3.78. The van der Waals surface area contributed by atoms with E-state index in [4.69, 9.17) is 15.9 Å². The standard InChI is InChI=1S/C9H19N3O/c1-12(7-9(10)11)6-8-2-4-13-5-3-8/h8H,2-7H2,1H3,(H3,10,11). The molecule has 1 aliphatic rings. The van der Waals surface area contributed by atoms with Crippen molar-refractivity contribution in [3.8, 4) is 0 Å². The van der Waals surface area contributed by atoms with Gasteiger partial charge in [0.15, 0.2) is 0 Å². The van der Waals surface area contributed by atoms with Gasteiger partial charge < -0.3 is 10.5 Å². The van der Waals surface area contributed by atoms with E-state index >= 15 is 0 Å². The van der Waals surface area contributed by atoms with Gasteiger partial charge in [-0.1, -0.05) is 0 Å². The van der Waals surface area contributed by atoms with Crippen LogP contribution in [0.4, 0.5) is 0 Å².